The summed E-state index contributed by atoms with van der Waals surface area (Å²) in [6.07, 6.45) is 7.52. The third-order valence-electron chi connectivity index (χ3n) is 5.25. The molecule has 2 fully saturated rings. The quantitative estimate of drug-likeness (QED) is 0.810. The summed E-state index contributed by atoms with van der Waals surface area (Å²) >= 11 is 0. The molecule has 106 valence electrons. The summed E-state index contributed by atoms with van der Waals surface area (Å²) in [5.74, 6) is 0.618. The molecule has 2 rings (SSSR count). The molecule has 0 radical (unpaired) electrons. The molecule has 1 saturated carbocycles. The molecule has 0 aromatic rings. The highest BCUT2D eigenvalue weighted by molar-refractivity contribution is 4.95. The van der Waals surface area contributed by atoms with E-state index in [-0.39, 0.29) is 0 Å². The lowest BCUT2D eigenvalue weighted by atomic mass is 9.85. The van der Waals surface area contributed by atoms with Gasteiger partial charge in [0.05, 0.1) is 6.61 Å². The number of likely N-dealkylation sites (tertiary alicyclic amines) is 1. The first-order valence-corrected chi connectivity index (χ1v) is 7.65. The van der Waals surface area contributed by atoms with Crippen LogP contribution in [0.25, 0.3) is 0 Å². The van der Waals surface area contributed by atoms with Gasteiger partial charge in [0.15, 0.2) is 0 Å². The van der Waals surface area contributed by atoms with Crippen molar-refractivity contribution in [2.75, 3.05) is 19.7 Å². The Morgan fingerprint density at radius 1 is 1.22 bits per heavy atom. The van der Waals surface area contributed by atoms with Crippen molar-refractivity contribution in [3.8, 4) is 0 Å². The minimum Gasteiger partial charge on any atom is -0.395 e. The second kappa shape index (κ2) is 5.89. The fourth-order valence-electron chi connectivity index (χ4n) is 3.73. The molecule has 0 aromatic carbocycles. The maximum absolute atomic E-state index is 9.56. The molecule has 1 heterocycles. The van der Waals surface area contributed by atoms with Gasteiger partial charge < -0.3 is 10.8 Å². The Kier molecular flexibility index (Phi) is 4.68. The number of aliphatic hydroxyl groups excluding tert-OH is 1. The smallest absolute Gasteiger partial charge is 0.0586 e. The van der Waals surface area contributed by atoms with E-state index < -0.39 is 0 Å². The van der Waals surface area contributed by atoms with E-state index in [1.807, 2.05) is 0 Å². The number of hydrogen-bond donors (Lipinski definition) is 2. The Morgan fingerprint density at radius 3 is 2.61 bits per heavy atom. The van der Waals surface area contributed by atoms with Crippen LogP contribution in [0, 0.1) is 11.3 Å². The minimum atomic E-state index is 0.297. The van der Waals surface area contributed by atoms with E-state index in [4.69, 9.17) is 5.73 Å². The highest BCUT2D eigenvalue weighted by atomic mass is 16.3. The summed E-state index contributed by atoms with van der Waals surface area (Å²) in [5.41, 5.74) is 6.71. The van der Waals surface area contributed by atoms with Crippen molar-refractivity contribution in [3.63, 3.8) is 0 Å². The van der Waals surface area contributed by atoms with Crippen molar-refractivity contribution in [1.82, 2.24) is 4.90 Å². The van der Waals surface area contributed by atoms with Crippen molar-refractivity contribution < 1.29 is 5.11 Å². The van der Waals surface area contributed by atoms with Gasteiger partial charge in [0.2, 0.25) is 0 Å². The molecule has 2 aliphatic rings. The van der Waals surface area contributed by atoms with Gasteiger partial charge in [-0.25, -0.2) is 0 Å². The molecule has 0 aromatic heterocycles. The Hall–Kier alpha value is -0.120. The zero-order chi connectivity index (χ0) is 13.2. The highest BCUT2D eigenvalue weighted by Gasteiger charge is 2.40. The highest BCUT2D eigenvalue weighted by Crippen LogP contribution is 2.40. The van der Waals surface area contributed by atoms with Crippen LogP contribution in [0.4, 0.5) is 0 Å². The summed E-state index contributed by atoms with van der Waals surface area (Å²) in [7, 11) is 0. The molecule has 1 aliphatic carbocycles. The zero-order valence-electron chi connectivity index (χ0n) is 12.1. The maximum atomic E-state index is 9.56. The van der Waals surface area contributed by atoms with Crippen molar-refractivity contribution in [2.45, 2.75) is 64.5 Å². The first-order chi connectivity index (χ1) is 8.54. The standard InChI is InChI=1S/C15H30N2O/c1-15(2)8-7-12(14(15)16)10-17-9-5-3-4-6-13(17)11-18/h12-14,18H,3-11,16H2,1-2H3. The fraction of sp³-hybridized carbons (Fsp3) is 1.00. The van der Waals surface area contributed by atoms with Gasteiger partial charge in [0.1, 0.15) is 0 Å². The fourth-order valence-corrected chi connectivity index (χ4v) is 3.73. The Balaban J connectivity index is 1.95. The lowest BCUT2D eigenvalue weighted by molar-refractivity contribution is 0.103. The van der Waals surface area contributed by atoms with Crippen LogP contribution in [0.15, 0.2) is 0 Å². The number of nitrogens with two attached hydrogens (primary N) is 1. The van der Waals surface area contributed by atoms with E-state index in [1.54, 1.807) is 0 Å². The van der Waals surface area contributed by atoms with Gasteiger partial charge in [0.25, 0.3) is 0 Å². The molecule has 0 amide bonds. The molecule has 3 N–H and O–H groups in total. The Morgan fingerprint density at radius 2 is 2.00 bits per heavy atom. The van der Waals surface area contributed by atoms with E-state index in [0.717, 1.165) is 19.5 Å². The van der Waals surface area contributed by atoms with E-state index in [1.165, 1.54) is 32.1 Å². The maximum Gasteiger partial charge on any atom is 0.0586 e. The van der Waals surface area contributed by atoms with Crippen LogP contribution in [0.5, 0.6) is 0 Å². The first kappa shape index (κ1) is 14.3. The van der Waals surface area contributed by atoms with Gasteiger partial charge in [-0.05, 0) is 43.6 Å². The van der Waals surface area contributed by atoms with Gasteiger partial charge in [-0.15, -0.1) is 0 Å². The van der Waals surface area contributed by atoms with Gasteiger partial charge in [0, 0.05) is 18.6 Å². The van der Waals surface area contributed by atoms with Crippen molar-refractivity contribution in [2.24, 2.45) is 17.1 Å². The Labute approximate surface area is 112 Å². The van der Waals surface area contributed by atoms with Crippen LogP contribution < -0.4 is 5.73 Å². The summed E-state index contributed by atoms with van der Waals surface area (Å²) in [6, 6.07) is 0.698. The predicted octanol–water partition coefficient (Wildman–Crippen LogP) is 1.99. The molecule has 3 atom stereocenters. The predicted molar refractivity (Wildman–Crippen MR) is 75.4 cm³/mol. The second-order valence-corrected chi connectivity index (χ2v) is 6.99. The molecular formula is C15H30N2O. The molecule has 1 aliphatic heterocycles. The summed E-state index contributed by atoms with van der Waals surface area (Å²) < 4.78 is 0. The molecule has 3 nitrogen and oxygen atoms in total. The molecule has 18 heavy (non-hydrogen) atoms. The molecule has 1 saturated heterocycles. The molecular weight excluding hydrogens is 224 g/mol. The van der Waals surface area contributed by atoms with Crippen molar-refractivity contribution >= 4 is 0 Å². The average Bonchev–Trinajstić information content (AvgIpc) is 2.55. The summed E-state index contributed by atoms with van der Waals surface area (Å²) in [6.45, 7) is 7.14. The normalized spacial score (nSPS) is 37.7. The van der Waals surface area contributed by atoms with Crippen molar-refractivity contribution in [1.29, 1.82) is 0 Å². The van der Waals surface area contributed by atoms with E-state index in [2.05, 4.69) is 18.7 Å². The lowest BCUT2D eigenvalue weighted by Crippen LogP contribution is -2.46. The number of aliphatic hydroxyl groups is 1. The van der Waals surface area contributed by atoms with Crippen LogP contribution in [0.3, 0.4) is 0 Å². The SMILES string of the molecule is CC1(C)CCC(CN2CCCCCC2CO)C1N. The summed E-state index contributed by atoms with van der Waals surface area (Å²) in [4.78, 5) is 2.51. The van der Waals surface area contributed by atoms with Gasteiger partial charge >= 0.3 is 0 Å². The monoisotopic (exact) mass is 254 g/mol. The van der Waals surface area contributed by atoms with Gasteiger partial charge in [-0.1, -0.05) is 26.7 Å². The zero-order valence-corrected chi connectivity index (χ0v) is 12.1. The average molecular weight is 254 g/mol. The first-order valence-electron chi connectivity index (χ1n) is 7.65. The van der Waals surface area contributed by atoms with Crippen LogP contribution in [0.2, 0.25) is 0 Å². The summed E-state index contributed by atoms with van der Waals surface area (Å²) in [5, 5.41) is 9.56. The number of nitrogens with zero attached hydrogens (tertiary/aromatic N) is 1. The van der Waals surface area contributed by atoms with Crippen molar-refractivity contribution in [3.05, 3.63) is 0 Å². The topological polar surface area (TPSA) is 49.5 Å². The van der Waals surface area contributed by atoms with E-state index in [0.29, 0.717) is 30.0 Å². The Bertz CT molecular complexity index is 267. The molecule has 3 heteroatoms. The lowest BCUT2D eigenvalue weighted by Gasteiger charge is -2.34. The van der Waals surface area contributed by atoms with Crippen LogP contribution >= 0.6 is 0 Å². The molecule has 0 spiro atoms. The van der Waals surface area contributed by atoms with E-state index >= 15 is 0 Å². The van der Waals surface area contributed by atoms with Crippen LogP contribution in [-0.2, 0) is 0 Å². The van der Waals surface area contributed by atoms with Crippen LogP contribution in [0.1, 0.15) is 52.4 Å². The van der Waals surface area contributed by atoms with Gasteiger partial charge in [-0.2, -0.15) is 0 Å². The second-order valence-electron chi connectivity index (χ2n) is 6.99. The van der Waals surface area contributed by atoms with Crippen LogP contribution in [-0.4, -0.2) is 41.8 Å². The van der Waals surface area contributed by atoms with Gasteiger partial charge in [-0.3, -0.25) is 4.90 Å². The molecule has 0 bridgehead atoms. The minimum absolute atomic E-state index is 0.297. The molecule has 3 unspecified atom stereocenters. The number of rotatable bonds is 3. The number of hydrogen-bond acceptors (Lipinski definition) is 3. The van der Waals surface area contributed by atoms with E-state index in [9.17, 15) is 5.11 Å². The third kappa shape index (κ3) is 3.06. The largest absolute Gasteiger partial charge is 0.395 e. The third-order valence-corrected chi connectivity index (χ3v) is 5.25.